The Balaban J connectivity index is 0.000000276. The highest BCUT2D eigenvalue weighted by Crippen LogP contribution is 2.37. The maximum atomic E-state index is 13.2. The first kappa shape index (κ1) is 114. The van der Waals surface area contributed by atoms with Crippen molar-refractivity contribution in [3.05, 3.63) is 246 Å². The van der Waals surface area contributed by atoms with Gasteiger partial charge in [0.25, 0.3) is 19.7 Å². The normalized spacial score (nSPS) is 12.3. The summed E-state index contributed by atoms with van der Waals surface area (Å²) in [7, 11) is -53.5. The van der Waals surface area contributed by atoms with Crippen molar-refractivity contribution in [1.29, 1.82) is 0 Å². The third-order valence-electron chi connectivity index (χ3n) is 16.9. The van der Waals surface area contributed by atoms with Gasteiger partial charge in [0.2, 0.25) is 0 Å². The Morgan fingerprint density at radius 1 is 0.213 bits per heavy atom. The molecule has 0 unspecified atom stereocenters. The number of aromatic carboxylic acids is 5. The number of rotatable bonds is 17. The van der Waals surface area contributed by atoms with Gasteiger partial charge in [0.15, 0.2) is 59.0 Å². The fraction of sp³-hybridized carbons (Fsp3) is 0.104. The maximum Gasteiger partial charge on any atom is 0.501 e. The molecular formula is C77H62F10O37S12. The Hall–Kier alpha value is -12.9. The third-order valence-corrected chi connectivity index (χ3v) is 29.9. The molecule has 0 aliphatic rings. The van der Waals surface area contributed by atoms with E-state index in [0.29, 0.717) is 70.5 Å². The van der Waals surface area contributed by atoms with Crippen molar-refractivity contribution >= 4 is 193 Å². The van der Waals surface area contributed by atoms with E-state index in [1.165, 1.54) is 97.1 Å². The predicted molar refractivity (Wildman–Crippen MR) is 460 cm³/mol. The second-order valence-corrected chi connectivity index (χ2v) is 48.6. The molecule has 12 aromatic rings. The summed E-state index contributed by atoms with van der Waals surface area (Å²) in [5.74, 6) is -7.32. The van der Waals surface area contributed by atoms with E-state index in [0.717, 1.165) is 73.6 Å². The second kappa shape index (κ2) is 42.2. The maximum absolute atomic E-state index is 13.2. The Morgan fingerprint density at radius 2 is 0.456 bits per heavy atom. The summed E-state index contributed by atoms with van der Waals surface area (Å²) in [6.45, 7) is 0. The van der Waals surface area contributed by atoms with Crippen molar-refractivity contribution in [2.45, 2.75) is 69.8 Å². The molecule has 0 aliphatic carbocycles. The van der Waals surface area contributed by atoms with Crippen LogP contribution in [0.15, 0.2) is 277 Å². The molecule has 136 heavy (non-hydrogen) atoms. The molecule has 37 nitrogen and oxygen atoms in total. The number of fused-ring (bicyclic) bond motifs is 4. The second-order valence-electron chi connectivity index (χ2n) is 27.3. The zero-order valence-corrected chi connectivity index (χ0v) is 78.2. The molecule has 0 heterocycles. The number of hydrogen-bond acceptors (Lipinski definition) is 32. The first-order valence-electron chi connectivity index (χ1n) is 35.0. The molecule has 12 aromatic carbocycles. The van der Waals surface area contributed by atoms with Crippen molar-refractivity contribution in [2.75, 3.05) is 37.5 Å². The number of phenols is 3. The van der Waals surface area contributed by atoms with Crippen LogP contribution in [0.4, 0.5) is 41.9 Å². The fourth-order valence-electron chi connectivity index (χ4n) is 10.4. The van der Waals surface area contributed by atoms with Gasteiger partial charge in [-0.05, 0) is 220 Å². The van der Waals surface area contributed by atoms with E-state index in [-0.39, 0.29) is 87.0 Å². The summed E-state index contributed by atoms with van der Waals surface area (Å²) >= 11 is 0. The van der Waals surface area contributed by atoms with Gasteiger partial charge in [-0.2, -0.15) is 60.0 Å². The Bertz CT molecular complexity index is 8200. The van der Waals surface area contributed by atoms with Crippen molar-refractivity contribution in [2.24, 2.45) is 0 Å². The van der Waals surface area contributed by atoms with E-state index in [9.17, 15) is 172 Å². The molecular weight excluding hydrogens is 2090 g/mol. The molecule has 734 valence electrons. The number of carboxylic acid groups (broad SMARTS) is 5. The number of carboxylic acids is 5. The SMILES string of the molecule is CS(=O)(=O)c1cc(C(=O)O)cc(S(=O)(=O)C(F)(F)F)c1.CS(=O)(=O)c1cc(O)cc(S(=O)(=O)C(F)(F)F)c1.CS(=O)(=O)c1ccc(C(=O)O)cc1.CS(=O)(=O)c1ccc(O)cc1.CS(=O)(=O)c1ccc2cc(C(=O)O)ccc2c1.CS(=O)(=O)c1ccc2cc(C(=O)O)ccc2c1.O=C(O)c1ccc2c(S(=O)(=O)F)cc(S(=O)(=O)F)cc2c1.O=S(=O)(F)c1cc(S(=O)(=O)F)c2ccc(O)cc2c1. The van der Waals surface area contributed by atoms with Gasteiger partial charge in [0.05, 0.1) is 67.0 Å². The number of phenolic OH excluding ortho intramolecular Hbond substituents is 3. The molecule has 0 saturated carbocycles. The summed E-state index contributed by atoms with van der Waals surface area (Å²) in [5.41, 5.74) is -12.0. The van der Waals surface area contributed by atoms with E-state index in [1.807, 2.05) is 0 Å². The largest absolute Gasteiger partial charge is 0.508 e. The van der Waals surface area contributed by atoms with Crippen LogP contribution in [-0.2, 0) is 120 Å². The van der Waals surface area contributed by atoms with Gasteiger partial charge in [0.1, 0.15) is 36.8 Å². The number of hydrogen-bond donors (Lipinski definition) is 8. The topological polar surface area (TPSA) is 657 Å². The van der Waals surface area contributed by atoms with E-state index < -0.39 is 211 Å². The van der Waals surface area contributed by atoms with Crippen molar-refractivity contribution in [3.8, 4) is 17.2 Å². The van der Waals surface area contributed by atoms with E-state index in [1.54, 1.807) is 24.3 Å². The van der Waals surface area contributed by atoms with Gasteiger partial charge in [-0.25, -0.2) is 91.3 Å². The van der Waals surface area contributed by atoms with Gasteiger partial charge in [-0.1, -0.05) is 30.3 Å². The smallest absolute Gasteiger partial charge is 0.501 e. The summed E-state index contributed by atoms with van der Waals surface area (Å²) in [4.78, 5) is 45.9. The number of aromatic hydroxyl groups is 3. The molecule has 0 atom stereocenters. The molecule has 0 aromatic heterocycles. The molecule has 12 rings (SSSR count). The predicted octanol–water partition coefficient (Wildman–Crippen LogP) is 11.4. The third kappa shape index (κ3) is 31.6. The number of carbonyl (C=O) groups is 5. The lowest BCUT2D eigenvalue weighted by Crippen LogP contribution is -2.24. The lowest BCUT2D eigenvalue weighted by molar-refractivity contribution is -0.0442. The average molecular weight is 2150 g/mol. The molecule has 59 heteroatoms. The van der Waals surface area contributed by atoms with Gasteiger partial charge >= 0.3 is 81.8 Å². The van der Waals surface area contributed by atoms with Crippen LogP contribution in [0.2, 0.25) is 0 Å². The minimum atomic E-state index is -5.84. The summed E-state index contributed by atoms with van der Waals surface area (Å²) in [6, 6.07) is 39.7. The molecule has 0 bridgehead atoms. The Morgan fingerprint density at radius 3 is 0.772 bits per heavy atom. The molecule has 0 spiro atoms. The summed E-state index contributed by atoms with van der Waals surface area (Å²) in [5, 5.41) is 72.9. The zero-order chi connectivity index (χ0) is 105. The van der Waals surface area contributed by atoms with Crippen LogP contribution < -0.4 is 0 Å². The van der Waals surface area contributed by atoms with Crippen molar-refractivity contribution in [1.82, 2.24) is 0 Å². The molecule has 8 N–H and O–H groups in total. The summed E-state index contributed by atoms with van der Waals surface area (Å²) < 4.78 is 392. The number of sulfone groups is 8. The fourth-order valence-corrected chi connectivity index (χ4v) is 18.8. The molecule has 0 radical (unpaired) electrons. The quantitative estimate of drug-likeness (QED) is 0.0310. The van der Waals surface area contributed by atoms with Gasteiger partial charge in [-0.15, -0.1) is 15.5 Å². The molecule has 0 amide bonds. The highest BCUT2D eigenvalue weighted by atomic mass is 32.3. The highest BCUT2D eigenvalue weighted by molar-refractivity contribution is 7.94. The van der Waals surface area contributed by atoms with Crippen LogP contribution in [0.5, 0.6) is 17.2 Å². The van der Waals surface area contributed by atoms with E-state index >= 15 is 0 Å². The number of alkyl halides is 6. The van der Waals surface area contributed by atoms with Gasteiger partial charge < -0.3 is 40.9 Å². The molecule has 0 saturated heterocycles. The number of halogens is 10. The first-order valence-corrected chi connectivity index (χ1v) is 54.8. The lowest BCUT2D eigenvalue weighted by atomic mass is 10.1. The zero-order valence-electron chi connectivity index (χ0n) is 68.4. The minimum Gasteiger partial charge on any atom is -0.508 e. The van der Waals surface area contributed by atoms with Crippen LogP contribution in [0.1, 0.15) is 51.8 Å². The minimum absolute atomic E-state index is 0.0670. The molecule has 0 fully saturated rings. The van der Waals surface area contributed by atoms with Crippen LogP contribution in [0.25, 0.3) is 43.1 Å². The highest BCUT2D eigenvalue weighted by Gasteiger charge is 2.48. The van der Waals surface area contributed by atoms with Crippen molar-refractivity contribution in [3.63, 3.8) is 0 Å². The Labute approximate surface area is 765 Å². The number of benzene rings is 12. The first-order chi connectivity index (χ1) is 61.4. The Kier molecular flexibility index (Phi) is 35.2. The molecule has 0 aliphatic heterocycles. The van der Waals surface area contributed by atoms with Crippen molar-refractivity contribution < 1.29 is 208 Å². The standard InChI is InChI=1S/2C12H10O4S.C11H6F2O6S2.C10H6F2O5S2.C9H7F3O6S2.C8H7F3O5S2.C8H8O4S.C7H8O3S/c2*1-17(15,16)11-5-4-8-6-10(12(13)14)3-2-9(8)7-11;12-20(16,17)8-4-7-3-6(11(14)15)1-2-9(7)10(5-8)21(13,18)19;11-18(14,15)8-4-6-3-7(13)1-2-9(6)10(5-8)19(12,16)17;1-19(15,16)6-2-5(8(13)14)3-7(4-6)20(17,18)9(10,11)12;1-17(13,14)6-2-5(12)3-7(4-6)18(15,16)8(9,10)11;1-13(11,12)7-4-2-6(3-5-7)8(9)10;1-11(9,10)7-4-2-6(8)3-5-7/h2*2-7H,1H3,(H,13,14);1-5H,(H,14,15);1-5,13H;2-4H,1H3,(H,13,14);2-4,12H,1H3;2-5H,1H3,(H,9,10);2-5,8H,1H3. The van der Waals surface area contributed by atoms with Crippen LogP contribution in [-0.4, -0.2) is 220 Å². The van der Waals surface area contributed by atoms with Crippen LogP contribution in [0, 0.1) is 0 Å². The average Bonchev–Trinajstić information content (AvgIpc) is 0.776. The van der Waals surface area contributed by atoms with Gasteiger partial charge in [0, 0.05) is 48.3 Å². The summed E-state index contributed by atoms with van der Waals surface area (Å²) in [6.07, 6.45) is 5.76. The van der Waals surface area contributed by atoms with E-state index in [2.05, 4.69) is 0 Å². The van der Waals surface area contributed by atoms with E-state index in [4.69, 9.17) is 35.7 Å². The van der Waals surface area contributed by atoms with Crippen LogP contribution in [0.3, 0.4) is 0 Å². The lowest BCUT2D eigenvalue weighted by Gasteiger charge is -2.10. The monoisotopic (exact) mass is 2150 g/mol. The van der Waals surface area contributed by atoms with Gasteiger partial charge in [-0.3, -0.25) is 0 Å². The van der Waals surface area contributed by atoms with Crippen LogP contribution >= 0.6 is 0 Å².